The van der Waals surface area contributed by atoms with Crippen LogP contribution in [0.4, 0.5) is 5.69 Å². The van der Waals surface area contributed by atoms with Crippen molar-refractivity contribution >= 4 is 11.6 Å². The van der Waals surface area contributed by atoms with Gasteiger partial charge >= 0.3 is 0 Å². The molecule has 104 valence electrons. The number of aromatic nitrogens is 2. The number of anilines is 1. The lowest BCUT2D eigenvalue weighted by atomic mass is 10.1. The van der Waals surface area contributed by atoms with Gasteiger partial charge in [-0.15, -0.1) is 0 Å². The maximum atomic E-state index is 12.4. The van der Waals surface area contributed by atoms with Crippen molar-refractivity contribution < 1.29 is 9.53 Å². The zero-order valence-corrected chi connectivity index (χ0v) is 11.1. The first kappa shape index (κ1) is 12.5. The number of para-hydroxylation sites is 1. The Morgan fingerprint density at radius 3 is 3.20 bits per heavy atom. The molecule has 0 spiro atoms. The molecule has 0 aliphatic carbocycles. The highest BCUT2D eigenvalue weighted by Crippen LogP contribution is 2.31. The van der Waals surface area contributed by atoms with Gasteiger partial charge in [0, 0.05) is 18.9 Å². The highest BCUT2D eigenvalue weighted by atomic mass is 16.5. The molecule has 3 rings (SSSR count). The van der Waals surface area contributed by atoms with Crippen LogP contribution in [0.15, 0.2) is 30.6 Å². The Morgan fingerprint density at radius 1 is 1.50 bits per heavy atom. The molecule has 1 amide bonds. The summed E-state index contributed by atoms with van der Waals surface area (Å²) < 4.78 is 5.60. The molecular formula is C14H16N4O2. The molecule has 1 aromatic heterocycles. The second-order valence-electron chi connectivity index (χ2n) is 4.63. The Balaban J connectivity index is 1.81. The minimum absolute atomic E-state index is 0.172. The molecule has 1 atom stereocenters. The third-order valence-electron chi connectivity index (χ3n) is 3.20. The second kappa shape index (κ2) is 5.24. The zero-order chi connectivity index (χ0) is 13.9. The number of imidazole rings is 1. The number of amides is 1. The fraction of sp³-hybridized carbons (Fsp3) is 0.286. The summed E-state index contributed by atoms with van der Waals surface area (Å²) in [5.41, 5.74) is 1.39. The van der Waals surface area contributed by atoms with E-state index < -0.39 is 0 Å². The van der Waals surface area contributed by atoms with Crippen molar-refractivity contribution in [2.45, 2.75) is 13.0 Å². The summed E-state index contributed by atoms with van der Waals surface area (Å²) in [6.07, 6.45) is 3.39. The van der Waals surface area contributed by atoms with Gasteiger partial charge in [-0.3, -0.25) is 4.79 Å². The van der Waals surface area contributed by atoms with Crippen molar-refractivity contribution in [2.75, 3.05) is 18.5 Å². The number of carbonyl (C=O) groups is 1. The summed E-state index contributed by atoms with van der Waals surface area (Å²) >= 11 is 0. The van der Waals surface area contributed by atoms with Crippen molar-refractivity contribution in [1.29, 1.82) is 0 Å². The molecule has 0 saturated heterocycles. The summed E-state index contributed by atoms with van der Waals surface area (Å²) in [6, 6.07) is 5.31. The molecule has 1 aromatic carbocycles. The largest absolute Gasteiger partial charge is 0.489 e. The summed E-state index contributed by atoms with van der Waals surface area (Å²) in [5, 5.41) is 6.12. The number of fused-ring (bicyclic) bond motifs is 1. The maximum absolute atomic E-state index is 12.4. The van der Waals surface area contributed by atoms with Crippen LogP contribution in [-0.2, 0) is 0 Å². The zero-order valence-electron chi connectivity index (χ0n) is 11.1. The third kappa shape index (κ3) is 2.32. The van der Waals surface area contributed by atoms with Gasteiger partial charge in [-0.2, -0.15) is 0 Å². The smallest absolute Gasteiger partial charge is 0.255 e. The van der Waals surface area contributed by atoms with Gasteiger partial charge in [-0.1, -0.05) is 6.07 Å². The first-order valence-electron chi connectivity index (χ1n) is 6.55. The molecule has 2 aromatic rings. The fourth-order valence-electron chi connectivity index (χ4n) is 2.21. The minimum Gasteiger partial charge on any atom is -0.489 e. The lowest BCUT2D eigenvalue weighted by Crippen LogP contribution is -2.29. The normalized spacial score (nSPS) is 14.7. The number of rotatable bonds is 3. The summed E-state index contributed by atoms with van der Waals surface area (Å²) in [6.45, 7) is 3.19. The molecule has 1 aliphatic rings. The quantitative estimate of drug-likeness (QED) is 0.794. The van der Waals surface area contributed by atoms with E-state index in [4.69, 9.17) is 4.74 Å². The molecule has 3 N–H and O–H groups in total. The second-order valence-corrected chi connectivity index (χ2v) is 4.63. The fourth-order valence-corrected chi connectivity index (χ4v) is 2.21. The van der Waals surface area contributed by atoms with E-state index >= 15 is 0 Å². The van der Waals surface area contributed by atoms with E-state index in [1.54, 1.807) is 18.5 Å². The number of H-pyrrole nitrogens is 1. The SMILES string of the molecule is CC(NC(=O)c1cccc2c1OCCN2)c1ncc[nH]1. The molecular weight excluding hydrogens is 256 g/mol. The molecule has 1 aliphatic heterocycles. The van der Waals surface area contributed by atoms with Gasteiger partial charge in [-0.05, 0) is 19.1 Å². The predicted octanol–water partition coefficient (Wildman–Crippen LogP) is 1.70. The molecule has 1 unspecified atom stereocenters. The molecule has 6 heteroatoms. The van der Waals surface area contributed by atoms with Crippen LogP contribution in [-0.4, -0.2) is 29.0 Å². The molecule has 6 nitrogen and oxygen atoms in total. The third-order valence-corrected chi connectivity index (χ3v) is 3.20. The molecule has 20 heavy (non-hydrogen) atoms. The molecule has 0 saturated carbocycles. The predicted molar refractivity (Wildman–Crippen MR) is 74.9 cm³/mol. The van der Waals surface area contributed by atoms with E-state index in [0.717, 1.165) is 18.1 Å². The van der Waals surface area contributed by atoms with Crippen molar-refractivity contribution in [1.82, 2.24) is 15.3 Å². The van der Waals surface area contributed by atoms with Crippen molar-refractivity contribution in [3.05, 3.63) is 42.0 Å². The number of hydrogen-bond acceptors (Lipinski definition) is 4. The maximum Gasteiger partial charge on any atom is 0.255 e. The number of benzene rings is 1. The van der Waals surface area contributed by atoms with Crippen molar-refractivity contribution in [3.8, 4) is 5.75 Å². The summed E-state index contributed by atoms with van der Waals surface area (Å²) in [7, 11) is 0. The van der Waals surface area contributed by atoms with Crippen LogP contribution in [0.2, 0.25) is 0 Å². The minimum atomic E-state index is -0.190. The Hall–Kier alpha value is -2.50. The van der Waals surface area contributed by atoms with Gasteiger partial charge in [0.1, 0.15) is 12.4 Å². The van der Waals surface area contributed by atoms with Crippen LogP contribution in [0.3, 0.4) is 0 Å². The molecule has 0 bridgehead atoms. The Kier molecular flexibility index (Phi) is 3.28. The van der Waals surface area contributed by atoms with Gasteiger partial charge in [0.25, 0.3) is 5.91 Å². The Bertz CT molecular complexity index is 610. The van der Waals surface area contributed by atoms with E-state index in [1.807, 2.05) is 19.1 Å². The molecule has 0 radical (unpaired) electrons. The topological polar surface area (TPSA) is 79.0 Å². The average molecular weight is 272 g/mol. The van der Waals surface area contributed by atoms with Crippen LogP contribution in [0.25, 0.3) is 0 Å². The number of nitrogens with zero attached hydrogens (tertiary/aromatic N) is 1. The van der Waals surface area contributed by atoms with Crippen molar-refractivity contribution in [2.24, 2.45) is 0 Å². The number of aromatic amines is 1. The number of nitrogens with one attached hydrogen (secondary N) is 3. The summed E-state index contributed by atoms with van der Waals surface area (Å²) in [5.74, 6) is 1.17. The van der Waals surface area contributed by atoms with Gasteiger partial charge in [0.2, 0.25) is 0 Å². The lowest BCUT2D eigenvalue weighted by molar-refractivity contribution is 0.0934. The first-order valence-corrected chi connectivity index (χ1v) is 6.55. The standard InChI is InChI=1S/C14H16N4O2/c1-9(13-16-5-6-17-13)18-14(19)10-3-2-4-11-12(10)20-8-7-15-11/h2-6,9,15H,7-8H2,1H3,(H,16,17)(H,18,19). The van der Waals surface area contributed by atoms with E-state index in [9.17, 15) is 4.79 Å². The van der Waals surface area contributed by atoms with Crippen molar-refractivity contribution in [3.63, 3.8) is 0 Å². The van der Waals surface area contributed by atoms with Gasteiger partial charge in [0.05, 0.1) is 17.3 Å². The lowest BCUT2D eigenvalue weighted by Gasteiger charge is -2.22. The van der Waals surface area contributed by atoms with Crippen LogP contribution < -0.4 is 15.4 Å². The van der Waals surface area contributed by atoms with Gasteiger partial charge < -0.3 is 20.4 Å². The van der Waals surface area contributed by atoms with Gasteiger partial charge in [-0.25, -0.2) is 4.98 Å². The monoisotopic (exact) mass is 272 g/mol. The van der Waals surface area contributed by atoms with Crippen LogP contribution in [0.1, 0.15) is 29.1 Å². The highest BCUT2D eigenvalue weighted by Gasteiger charge is 2.20. The average Bonchev–Trinajstić information content (AvgIpc) is 3.01. The van der Waals surface area contributed by atoms with E-state index in [0.29, 0.717) is 17.9 Å². The van der Waals surface area contributed by atoms with E-state index in [1.165, 1.54) is 0 Å². The Morgan fingerprint density at radius 2 is 2.40 bits per heavy atom. The van der Waals surface area contributed by atoms with Crippen LogP contribution in [0.5, 0.6) is 5.75 Å². The molecule has 2 heterocycles. The number of ether oxygens (including phenoxy) is 1. The highest BCUT2D eigenvalue weighted by molar-refractivity contribution is 5.99. The number of hydrogen-bond donors (Lipinski definition) is 3. The first-order chi connectivity index (χ1) is 9.75. The van der Waals surface area contributed by atoms with E-state index in [2.05, 4.69) is 20.6 Å². The van der Waals surface area contributed by atoms with E-state index in [-0.39, 0.29) is 11.9 Å². The van der Waals surface area contributed by atoms with Crippen LogP contribution in [0, 0.1) is 0 Å². The molecule has 0 fully saturated rings. The van der Waals surface area contributed by atoms with Gasteiger partial charge in [0.15, 0.2) is 5.75 Å². The van der Waals surface area contributed by atoms with Crippen LogP contribution >= 0.6 is 0 Å². The number of carbonyl (C=O) groups excluding carboxylic acids is 1. The Labute approximate surface area is 116 Å². The summed E-state index contributed by atoms with van der Waals surface area (Å²) in [4.78, 5) is 19.5.